The maximum atomic E-state index is 12.5. The first-order valence-corrected chi connectivity index (χ1v) is 7.09. The fourth-order valence-electron chi connectivity index (χ4n) is 1.80. The van der Waals surface area contributed by atoms with Gasteiger partial charge < -0.3 is 14.5 Å². The Hall–Kier alpha value is -3.54. The molecule has 2 aromatic rings. The maximum absolute atomic E-state index is 12.5. The van der Waals surface area contributed by atoms with E-state index in [4.69, 9.17) is 14.4 Å². The van der Waals surface area contributed by atoms with Gasteiger partial charge in [-0.05, 0) is 36.4 Å². The molecule has 0 radical (unpaired) electrons. The van der Waals surface area contributed by atoms with Gasteiger partial charge in [0.1, 0.15) is 17.4 Å². The van der Waals surface area contributed by atoms with Crippen LogP contribution in [0.2, 0.25) is 0 Å². The second-order valence-electron chi connectivity index (χ2n) is 4.88. The molecule has 1 aromatic heterocycles. The quantitative estimate of drug-likeness (QED) is 0.499. The number of benzene rings is 1. The fraction of sp³-hybridized carbons (Fsp3) is 0.118. The molecule has 0 saturated heterocycles. The van der Waals surface area contributed by atoms with Crippen molar-refractivity contribution in [2.45, 2.75) is 6.18 Å². The van der Waals surface area contributed by atoms with Crippen LogP contribution in [0.3, 0.4) is 0 Å². The fourth-order valence-corrected chi connectivity index (χ4v) is 1.80. The molecule has 1 N–H and O–H groups in total. The zero-order valence-electron chi connectivity index (χ0n) is 13.0. The highest BCUT2D eigenvalue weighted by Crippen LogP contribution is 2.29. The van der Waals surface area contributed by atoms with Crippen LogP contribution in [0.4, 0.5) is 18.9 Å². The van der Waals surface area contributed by atoms with Crippen LogP contribution in [-0.2, 0) is 20.5 Å². The number of hydrogen-bond donors (Lipinski definition) is 1. The van der Waals surface area contributed by atoms with Gasteiger partial charge in [-0.3, -0.25) is 4.79 Å². The van der Waals surface area contributed by atoms with Crippen LogP contribution in [0.15, 0.2) is 52.7 Å². The molecule has 9 heteroatoms. The van der Waals surface area contributed by atoms with Crippen molar-refractivity contribution < 1.29 is 31.9 Å². The molecule has 1 heterocycles. The number of carbonyl (C=O) groups excluding carboxylic acids is 2. The molecule has 6 nitrogen and oxygen atoms in total. The number of alkyl halides is 3. The van der Waals surface area contributed by atoms with Gasteiger partial charge in [-0.15, -0.1) is 0 Å². The average Bonchev–Trinajstić information content (AvgIpc) is 3.10. The Labute approximate surface area is 145 Å². The van der Waals surface area contributed by atoms with E-state index in [0.29, 0.717) is 0 Å². The molecular weight excluding hydrogens is 353 g/mol. The summed E-state index contributed by atoms with van der Waals surface area (Å²) < 4.78 is 47.0. The second-order valence-corrected chi connectivity index (χ2v) is 4.88. The van der Waals surface area contributed by atoms with Gasteiger partial charge in [0.15, 0.2) is 6.61 Å². The Bertz CT molecular complexity index is 848. The summed E-state index contributed by atoms with van der Waals surface area (Å²) in [7, 11) is 0. The van der Waals surface area contributed by atoms with Gasteiger partial charge in [-0.25, -0.2) is 4.79 Å². The number of rotatable bonds is 5. The largest absolute Gasteiger partial charge is 0.465 e. The van der Waals surface area contributed by atoms with E-state index >= 15 is 0 Å². The van der Waals surface area contributed by atoms with Gasteiger partial charge in [-0.1, -0.05) is 0 Å². The van der Waals surface area contributed by atoms with Gasteiger partial charge in [0, 0.05) is 11.8 Å². The standard InChI is InChI=1S/C17H11F3N2O4/c18-17(19,20)12-3-5-13(6-4-12)22-15(23)10-26-16(24)11(9-21)8-14-2-1-7-25-14/h1-8H,10H2,(H,22,23)/b11-8+. The van der Waals surface area contributed by atoms with E-state index < -0.39 is 30.2 Å². The van der Waals surface area contributed by atoms with E-state index in [2.05, 4.69) is 5.32 Å². The molecule has 0 unspecified atom stereocenters. The van der Waals surface area contributed by atoms with Crippen LogP contribution in [-0.4, -0.2) is 18.5 Å². The first kappa shape index (κ1) is 18.8. The summed E-state index contributed by atoms with van der Waals surface area (Å²) in [5.74, 6) is -1.55. The lowest BCUT2D eigenvalue weighted by Crippen LogP contribution is -2.21. The number of nitrogens with one attached hydrogen (secondary N) is 1. The summed E-state index contributed by atoms with van der Waals surface area (Å²) in [5, 5.41) is 11.2. The van der Waals surface area contributed by atoms with Crippen LogP contribution in [0.1, 0.15) is 11.3 Å². The highest BCUT2D eigenvalue weighted by Gasteiger charge is 2.30. The highest BCUT2D eigenvalue weighted by atomic mass is 19.4. The molecule has 134 valence electrons. The predicted octanol–water partition coefficient (Wildman–Crippen LogP) is 3.39. The lowest BCUT2D eigenvalue weighted by atomic mass is 10.2. The minimum atomic E-state index is -4.48. The zero-order valence-corrected chi connectivity index (χ0v) is 13.0. The lowest BCUT2D eigenvalue weighted by Gasteiger charge is -2.09. The molecule has 1 aromatic carbocycles. The van der Waals surface area contributed by atoms with Crippen molar-refractivity contribution in [3.8, 4) is 6.07 Å². The van der Waals surface area contributed by atoms with Crippen molar-refractivity contribution in [1.29, 1.82) is 5.26 Å². The maximum Gasteiger partial charge on any atom is 0.416 e. The summed E-state index contributed by atoms with van der Waals surface area (Å²) in [6.07, 6.45) is -1.98. The third-order valence-electron chi connectivity index (χ3n) is 3.00. The number of nitriles is 1. The smallest absolute Gasteiger partial charge is 0.416 e. The molecule has 26 heavy (non-hydrogen) atoms. The minimum Gasteiger partial charge on any atom is -0.465 e. The SMILES string of the molecule is N#C/C(=C\c1ccco1)C(=O)OCC(=O)Nc1ccc(C(F)(F)F)cc1. The van der Waals surface area contributed by atoms with Crippen molar-refractivity contribution in [1.82, 2.24) is 0 Å². The second kappa shape index (κ2) is 8.02. The van der Waals surface area contributed by atoms with Crippen LogP contribution in [0.25, 0.3) is 6.08 Å². The van der Waals surface area contributed by atoms with Crippen molar-refractivity contribution in [3.05, 3.63) is 59.6 Å². The summed E-state index contributed by atoms with van der Waals surface area (Å²) in [6, 6.07) is 8.45. The van der Waals surface area contributed by atoms with Crippen LogP contribution in [0, 0.1) is 11.3 Å². The molecule has 0 spiro atoms. The molecule has 2 rings (SSSR count). The van der Waals surface area contributed by atoms with Gasteiger partial charge >= 0.3 is 12.1 Å². The number of amides is 1. The van der Waals surface area contributed by atoms with Crippen molar-refractivity contribution >= 4 is 23.6 Å². The Morgan fingerprint density at radius 3 is 2.46 bits per heavy atom. The van der Waals surface area contributed by atoms with E-state index in [0.717, 1.165) is 30.3 Å². The lowest BCUT2D eigenvalue weighted by molar-refractivity contribution is -0.142. The first-order chi connectivity index (χ1) is 12.3. The molecule has 0 saturated carbocycles. The molecule has 0 atom stereocenters. The van der Waals surface area contributed by atoms with E-state index in [-0.39, 0.29) is 17.0 Å². The van der Waals surface area contributed by atoms with Gasteiger partial charge in [0.05, 0.1) is 11.8 Å². The van der Waals surface area contributed by atoms with Crippen LogP contribution >= 0.6 is 0 Å². The topological polar surface area (TPSA) is 92.3 Å². The van der Waals surface area contributed by atoms with Gasteiger partial charge in [-0.2, -0.15) is 18.4 Å². The number of ether oxygens (including phenoxy) is 1. The Balaban J connectivity index is 1.90. The molecule has 0 aliphatic heterocycles. The molecule has 0 aliphatic rings. The van der Waals surface area contributed by atoms with Crippen molar-refractivity contribution in [2.24, 2.45) is 0 Å². The minimum absolute atomic E-state index is 0.102. The number of furan rings is 1. The first-order valence-electron chi connectivity index (χ1n) is 7.09. The molecule has 0 aliphatic carbocycles. The zero-order chi connectivity index (χ0) is 19.2. The van der Waals surface area contributed by atoms with E-state index in [9.17, 15) is 22.8 Å². The number of nitrogens with zero attached hydrogens (tertiary/aromatic N) is 1. The summed E-state index contributed by atoms with van der Waals surface area (Å²) >= 11 is 0. The van der Waals surface area contributed by atoms with Crippen LogP contribution < -0.4 is 5.32 Å². The van der Waals surface area contributed by atoms with Gasteiger partial charge in [0.2, 0.25) is 0 Å². The monoisotopic (exact) mass is 364 g/mol. The Kier molecular flexibility index (Phi) is 5.80. The molecule has 0 bridgehead atoms. The molecule has 0 fully saturated rings. The number of esters is 1. The van der Waals surface area contributed by atoms with Crippen molar-refractivity contribution in [2.75, 3.05) is 11.9 Å². The van der Waals surface area contributed by atoms with Gasteiger partial charge in [0.25, 0.3) is 5.91 Å². The number of halogens is 3. The van der Waals surface area contributed by atoms with Crippen LogP contribution in [0.5, 0.6) is 0 Å². The van der Waals surface area contributed by atoms with E-state index in [1.165, 1.54) is 12.3 Å². The average molecular weight is 364 g/mol. The number of anilines is 1. The normalized spacial score (nSPS) is 11.5. The van der Waals surface area contributed by atoms with E-state index in [1.807, 2.05) is 0 Å². The summed E-state index contributed by atoms with van der Waals surface area (Å²) in [4.78, 5) is 23.4. The number of hydrogen-bond acceptors (Lipinski definition) is 5. The Morgan fingerprint density at radius 1 is 1.23 bits per heavy atom. The third-order valence-corrected chi connectivity index (χ3v) is 3.00. The molecular formula is C17H11F3N2O4. The van der Waals surface area contributed by atoms with Crippen molar-refractivity contribution in [3.63, 3.8) is 0 Å². The third kappa shape index (κ3) is 5.24. The Morgan fingerprint density at radius 2 is 1.92 bits per heavy atom. The molecule has 1 amide bonds. The summed E-state index contributed by atoms with van der Waals surface area (Å²) in [6.45, 7) is -0.711. The number of carbonyl (C=O) groups is 2. The summed E-state index contributed by atoms with van der Waals surface area (Å²) in [5.41, 5.74) is -1.13. The highest BCUT2D eigenvalue weighted by molar-refractivity contribution is 5.99. The predicted molar refractivity (Wildman–Crippen MR) is 83.3 cm³/mol. The van der Waals surface area contributed by atoms with E-state index in [1.54, 1.807) is 12.1 Å².